The maximum atomic E-state index is 13.1. The van der Waals surface area contributed by atoms with E-state index < -0.39 is 0 Å². The van der Waals surface area contributed by atoms with E-state index in [1.165, 1.54) is 5.56 Å². The van der Waals surface area contributed by atoms with E-state index in [1.807, 2.05) is 29.2 Å². The fraction of sp³-hybridized carbons (Fsp3) is 0.321. The summed E-state index contributed by atoms with van der Waals surface area (Å²) in [5.41, 5.74) is 3.70. The van der Waals surface area contributed by atoms with Crippen molar-refractivity contribution in [1.82, 2.24) is 19.8 Å². The van der Waals surface area contributed by atoms with Gasteiger partial charge in [-0.2, -0.15) is 0 Å². The number of hydrogen-bond acceptors (Lipinski definition) is 5. The molecule has 0 bridgehead atoms. The minimum atomic E-state index is -0.0442. The third-order valence-corrected chi connectivity index (χ3v) is 6.81. The third kappa shape index (κ3) is 5.44. The van der Waals surface area contributed by atoms with Gasteiger partial charge in [0.05, 0.1) is 13.3 Å². The van der Waals surface area contributed by atoms with Crippen molar-refractivity contribution in [2.45, 2.75) is 24.8 Å². The molecule has 0 saturated carbocycles. The molecule has 0 radical (unpaired) electrons. The van der Waals surface area contributed by atoms with E-state index in [-0.39, 0.29) is 6.03 Å². The molecule has 0 unspecified atom stereocenters. The fourth-order valence-electron chi connectivity index (χ4n) is 4.98. The van der Waals surface area contributed by atoms with E-state index in [2.05, 4.69) is 56.3 Å². The van der Waals surface area contributed by atoms with Crippen LogP contribution >= 0.6 is 0 Å². The van der Waals surface area contributed by atoms with Crippen LogP contribution in [-0.2, 0) is 0 Å². The summed E-state index contributed by atoms with van der Waals surface area (Å²) in [6, 6.07) is 16.2. The monoisotopic (exact) mass is 467 g/mol. The summed E-state index contributed by atoms with van der Waals surface area (Å²) in [5.74, 6) is 7.39. The quantitative estimate of drug-likeness (QED) is 0.590. The van der Waals surface area contributed by atoms with Gasteiger partial charge >= 0.3 is 6.03 Å². The van der Waals surface area contributed by atoms with Crippen LogP contribution in [0.15, 0.2) is 67.1 Å². The predicted molar refractivity (Wildman–Crippen MR) is 135 cm³/mol. The van der Waals surface area contributed by atoms with E-state index >= 15 is 0 Å². The Morgan fingerprint density at radius 2 is 1.86 bits per heavy atom. The number of benzene rings is 2. The fourth-order valence-corrected chi connectivity index (χ4v) is 4.98. The highest BCUT2D eigenvalue weighted by Gasteiger charge is 2.38. The molecule has 2 atom stereocenters. The van der Waals surface area contributed by atoms with Crippen molar-refractivity contribution in [2.24, 2.45) is 0 Å². The molecule has 7 heteroatoms. The van der Waals surface area contributed by atoms with Crippen molar-refractivity contribution < 1.29 is 9.53 Å². The van der Waals surface area contributed by atoms with E-state index in [9.17, 15) is 4.79 Å². The number of ether oxygens (including phenoxy) is 1. The van der Waals surface area contributed by atoms with E-state index in [1.54, 1.807) is 25.7 Å². The van der Waals surface area contributed by atoms with Crippen LogP contribution in [0.2, 0.25) is 0 Å². The zero-order valence-corrected chi connectivity index (χ0v) is 19.9. The molecule has 2 aromatic carbocycles. The highest BCUT2D eigenvalue weighted by atomic mass is 16.5. The summed E-state index contributed by atoms with van der Waals surface area (Å²) in [6.07, 6.45) is 7.03. The summed E-state index contributed by atoms with van der Waals surface area (Å²) in [4.78, 5) is 25.8. The van der Waals surface area contributed by atoms with Crippen molar-refractivity contribution >= 4 is 11.7 Å². The largest absolute Gasteiger partial charge is 0.497 e. The maximum Gasteiger partial charge on any atom is 0.321 e. The van der Waals surface area contributed by atoms with Gasteiger partial charge in [0, 0.05) is 55.2 Å². The van der Waals surface area contributed by atoms with Gasteiger partial charge in [0.2, 0.25) is 0 Å². The Kier molecular flexibility index (Phi) is 6.92. The summed E-state index contributed by atoms with van der Waals surface area (Å²) in [5, 5.41) is 3.05. The second-order valence-electron chi connectivity index (χ2n) is 8.92. The number of rotatable bonds is 3. The topological polar surface area (TPSA) is 70.6 Å². The third-order valence-electron chi connectivity index (χ3n) is 6.81. The average molecular weight is 468 g/mol. The zero-order chi connectivity index (χ0) is 24.0. The summed E-state index contributed by atoms with van der Waals surface area (Å²) < 4.78 is 5.21. The van der Waals surface area contributed by atoms with Crippen molar-refractivity contribution in [1.29, 1.82) is 0 Å². The Hall–Kier alpha value is -3.89. The SMILES string of the molecule is COc1ccc(NC(=O)N2CCCN3CC[C@H](c4ccc(C#Cc5cnccn5)cc4)[C@@H]3C2)cc1. The van der Waals surface area contributed by atoms with Crippen molar-refractivity contribution in [3.05, 3.63) is 83.9 Å². The van der Waals surface area contributed by atoms with Crippen LogP contribution in [0.4, 0.5) is 10.5 Å². The van der Waals surface area contributed by atoms with Gasteiger partial charge in [-0.1, -0.05) is 18.1 Å². The number of methoxy groups -OCH3 is 1. The van der Waals surface area contributed by atoms with Gasteiger partial charge in [0.25, 0.3) is 0 Å². The molecule has 1 aromatic heterocycles. The molecular weight excluding hydrogens is 438 g/mol. The average Bonchev–Trinajstić information content (AvgIpc) is 3.18. The molecule has 3 heterocycles. The molecule has 178 valence electrons. The lowest BCUT2D eigenvalue weighted by atomic mass is 9.91. The number of urea groups is 1. The molecular formula is C28H29N5O2. The molecule has 0 spiro atoms. The zero-order valence-electron chi connectivity index (χ0n) is 19.9. The van der Waals surface area contributed by atoms with E-state index in [0.29, 0.717) is 17.7 Å². The van der Waals surface area contributed by atoms with Crippen molar-refractivity contribution in [2.75, 3.05) is 38.6 Å². The minimum absolute atomic E-state index is 0.0442. The normalized spacial score (nSPS) is 19.7. The first-order valence-corrected chi connectivity index (χ1v) is 12.0. The number of hydrogen-bond donors (Lipinski definition) is 1. The molecule has 35 heavy (non-hydrogen) atoms. The molecule has 3 aromatic rings. The van der Waals surface area contributed by atoms with Gasteiger partial charge in [0.15, 0.2) is 0 Å². The lowest BCUT2D eigenvalue weighted by Crippen LogP contribution is -2.43. The summed E-state index contributed by atoms with van der Waals surface area (Å²) in [7, 11) is 1.63. The van der Waals surface area contributed by atoms with Gasteiger partial charge in [-0.3, -0.25) is 9.88 Å². The number of nitrogens with zero attached hydrogens (tertiary/aromatic N) is 4. The van der Waals surface area contributed by atoms with Crippen molar-refractivity contribution in [3.63, 3.8) is 0 Å². The van der Waals surface area contributed by atoms with Crippen LogP contribution in [0, 0.1) is 11.8 Å². The number of aromatic nitrogens is 2. The molecule has 2 aliphatic rings. The smallest absolute Gasteiger partial charge is 0.321 e. The van der Waals surface area contributed by atoms with E-state index in [0.717, 1.165) is 56.0 Å². The van der Waals surface area contributed by atoms with E-state index in [4.69, 9.17) is 4.74 Å². The molecule has 7 nitrogen and oxygen atoms in total. The lowest BCUT2D eigenvalue weighted by Gasteiger charge is -2.30. The molecule has 2 saturated heterocycles. The summed E-state index contributed by atoms with van der Waals surface area (Å²) in [6.45, 7) is 3.58. The molecule has 2 fully saturated rings. The van der Waals surface area contributed by atoms with Gasteiger partial charge in [-0.05, 0) is 67.3 Å². The van der Waals surface area contributed by atoms with Crippen LogP contribution in [0.1, 0.15) is 35.6 Å². The Labute approximate surface area is 206 Å². The molecule has 2 amide bonds. The van der Waals surface area contributed by atoms with Crippen LogP contribution in [-0.4, -0.2) is 65.1 Å². The highest BCUT2D eigenvalue weighted by molar-refractivity contribution is 5.89. The second kappa shape index (κ2) is 10.6. The number of carbonyl (C=O) groups is 1. The Morgan fingerprint density at radius 1 is 1.03 bits per heavy atom. The van der Waals surface area contributed by atoms with Crippen LogP contribution < -0.4 is 10.1 Å². The standard InChI is InChI=1S/C28H29N5O2/c1-35-25-11-9-23(10-12-25)31-28(34)33-17-2-16-32-18-13-26(27(32)20-33)22-6-3-21(4-7-22)5-8-24-19-29-14-15-30-24/h3-4,6-7,9-12,14-15,19,26-27H,2,13,16-18,20H2,1H3,(H,31,34)/t26-,27+/m1/s1. The van der Waals surface area contributed by atoms with Crippen LogP contribution in [0.5, 0.6) is 5.75 Å². The Bertz CT molecular complexity index is 1200. The highest BCUT2D eigenvalue weighted by Crippen LogP contribution is 2.35. The lowest BCUT2D eigenvalue weighted by molar-refractivity contribution is 0.197. The molecule has 5 rings (SSSR count). The number of carbonyl (C=O) groups excluding carboxylic acids is 1. The molecule has 2 aliphatic heterocycles. The first-order chi connectivity index (χ1) is 17.2. The first-order valence-electron chi connectivity index (χ1n) is 12.0. The van der Waals surface area contributed by atoms with Crippen LogP contribution in [0.3, 0.4) is 0 Å². The minimum Gasteiger partial charge on any atom is -0.497 e. The van der Waals surface area contributed by atoms with Gasteiger partial charge < -0.3 is 15.0 Å². The first kappa shape index (κ1) is 22.9. The van der Waals surface area contributed by atoms with Gasteiger partial charge in [0.1, 0.15) is 11.4 Å². The molecule has 0 aliphatic carbocycles. The number of nitrogens with one attached hydrogen (secondary N) is 1. The second-order valence-corrected chi connectivity index (χ2v) is 8.92. The number of fused-ring (bicyclic) bond motifs is 1. The number of amides is 2. The number of anilines is 1. The van der Waals surface area contributed by atoms with Crippen molar-refractivity contribution in [3.8, 4) is 17.6 Å². The van der Waals surface area contributed by atoms with Gasteiger partial charge in [-0.25, -0.2) is 9.78 Å². The Morgan fingerprint density at radius 3 is 2.60 bits per heavy atom. The van der Waals surface area contributed by atoms with Crippen LogP contribution in [0.25, 0.3) is 0 Å². The predicted octanol–water partition coefficient (Wildman–Crippen LogP) is 3.98. The van der Waals surface area contributed by atoms with Gasteiger partial charge in [-0.15, -0.1) is 0 Å². The Balaban J connectivity index is 1.26. The molecule has 1 N–H and O–H groups in total. The maximum absolute atomic E-state index is 13.1. The summed E-state index contributed by atoms with van der Waals surface area (Å²) >= 11 is 0.